The van der Waals surface area contributed by atoms with Gasteiger partial charge in [-0.15, -0.1) is 0 Å². The van der Waals surface area contributed by atoms with Gasteiger partial charge in [-0.3, -0.25) is 0 Å². The van der Waals surface area contributed by atoms with Crippen LogP contribution in [0.5, 0.6) is 0 Å². The maximum Gasteiger partial charge on any atom is 0.162 e. The quantitative estimate of drug-likeness (QED) is 0.490. The molecule has 3 rings (SSSR count). The number of rotatable bonds is 5. The third-order valence-corrected chi connectivity index (χ3v) is 6.55. The number of aryl methyl sites for hydroxylation is 1. The molecule has 2 aliphatic rings. The highest BCUT2D eigenvalue weighted by Gasteiger charge is 2.30. The fourth-order valence-corrected chi connectivity index (χ4v) is 4.83. The van der Waals surface area contributed by atoms with Gasteiger partial charge in [0.15, 0.2) is 11.6 Å². The maximum absolute atomic E-state index is 14.3. The first-order valence-corrected chi connectivity index (χ1v) is 10.2. The SMILES string of the molecule is CCCCC1C=CC(C2CCC(c3ccc(C)c(F)c3F)CC2)CC1. The summed E-state index contributed by atoms with van der Waals surface area (Å²) in [6, 6.07) is 3.53. The molecule has 0 aliphatic heterocycles. The van der Waals surface area contributed by atoms with Crippen molar-refractivity contribution in [1.82, 2.24) is 0 Å². The van der Waals surface area contributed by atoms with E-state index in [1.54, 1.807) is 19.1 Å². The average Bonchev–Trinajstić information content (AvgIpc) is 2.65. The first kappa shape index (κ1) is 18.6. The minimum Gasteiger partial charge on any atom is -0.203 e. The Hall–Kier alpha value is -1.18. The minimum absolute atomic E-state index is 0.191. The summed E-state index contributed by atoms with van der Waals surface area (Å²) >= 11 is 0. The van der Waals surface area contributed by atoms with Crippen molar-refractivity contribution in [3.63, 3.8) is 0 Å². The lowest BCUT2D eigenvalue weighted by Gasteiger charge is -2.35. The molecule has 0 aromatic heterocycles. The second kappa shape index (κ2) is 8.47. The molecule has 0 N–H and O–H groups in total. The van der Waals surface area contributed by atoms with E-state index in [4.69, 9.17) is 0 Å². The highest BCUT2D eigenvalue weighted by molar-refractivity contribution is 5.28. The van der Waals surface area contributed by atoms with Crippen LogP contribution in [-0.4, -0.2) is 0 Å². The first-order valence-electron chi connectivity index (χ1n) is 10.2. The summed E-state index contributed by atoms with van der Waals surface area (Å²) in [5.41, 5.74) is 1.00. The van der Waals surface area contributed by atoms with E-state index in [9.17, 15) is 8.78 Å². The van der Waals surface area contributed by atoms with Crippen LogP contribution < -0.4 is 0 Å². The summed E-state index contributed by atoms with van der Waals surface area (Å²) in [4.78, 5) is 0. The predicted octanol–water partition coefficient (Wildman–Crippen LogP) is 7.32. The van der Waals surface area contributed by atoms with Gasteiger partial charge in [-0.25, -0.2) is 8.78 Å². The van der Waals surface area contributed by atoms with Crippen molar-refractivity contribution in [3.05, 3.63) is 47.0 Å². The average molecular weight is 347 g/mol. The summed E-state index contributed by atoms with van der Waals surface area (Å²) in [6.07, 6.45) is 15.8. The minimum atomic E-state index is -0.659. The molecule has 0 amide bonds. The van der Waals surface area contributed by atoms with Gasteiger partial charge >= 0.3 is 0 Å². The van der Waals surface area contributed by atoms with E-state index in [0.29, 0.717) is 17.0 Å². The zero-order valence-electron chi connectivity index (χ0n) is 15.7. The zero-order chi connectivity index (χ0) is 17.8. The van der Waals surface area contributed by atoms with Gasteiger partial charge in [-0.05, 0) is 86.7 Å². The molecule has 0 spiro atoms. The van der Waals surface area contributed by atoms with E-state index < -0.39 is 11.6 Å². The van der Waals surface area contributed by atoms with Gasteiger partial charge in [0.2, 0.25) is 0 Å². The lowest BCUT2D eigenvalue weighted by Crippen LogP contribution is -2.23. The molecule has 0 radical (unpaired) electrons. The van der Waals surface area contributed by atoms with Crippen molar-refractivity contribution in [2.24, 2.45) is 17.8 Å². The van der Waals surface area contributed by atoms with Crippen molar-refractivity contribution < 1.29 is 8.78 Å². The standard InChI is InChI=1S/C23H32F2/c1-3-4-5-17-7-9-18(10-8-17)19-11-13-20(14-12-19)21-15-6-16(2)22(24)23(21)25/h6-7,9,15,17-20H,3-5,8,10-14H2,1-2H3. The molecule has 0 bridgehead atoms. The second-order valence-electron chi connectivity index (χ2n) is 8.24. The molecule has 25 heavy (non-hydrogen) atoms. The Morgan fingerprint density at radius 2 is 1.68 bits per heavy atom. The Kier molecular flexibility index (Phi) is 6.30. The molecule has 0 nitrogen and oxygen atoms in total. The number of hydrogen-bond acceptors (Lipinski definition) is 0. The van der Waals surface area contributed by atoms with E-state index >= 15 is 0 Å². The zero-order valence-corrected chi connectivity index (χ0v) is 15.7. The Morgan fingerprint density at radius 3 is 2.32 bits per heavy atom. The van der Waals surface area contributed by atoms with Crippen LogP contribution in [0.4, 0.5) is 8.78 Å². The van der Waals surface area contributed by atoms with Crippen LogP contribution >= 0.6 is 0 Å². The van der Waals surface area contributed by atoms with Crippen LogP contribution in [0.3, 0.4) is 0 Å². The van der Waals surface area contributed by atoms with Gasteiger partial charge in [0.1, 0.15) is 0 Å². The van der Waals surface area contributed by atoms with Crippen LogP contribution in [0.1, 0.15) is 81.8 Å². The van der Waals surface area contributed by atoms with Gasteiger partial charge in [0.05, 0.1) is 0 Å². The van der Waals surface area contributed by atoms with Crippen LogP contribution in [0.2, 0.25) is 0 Å². The Labute approximate surface area is 151 Å². The molecule has 0 saturated heterocycles. The van der Waals surface area contributed by atoms with Crippen molar-refractivity contribution in [2.45, 2.75) is 77.6 Å². The topological polar surface area (TPSA) is 0 Å². The Bertz CT molecular complexity index is 596. The van der Waals surface area contributed by atoms with Crippen LogP contribution in [-0.2, 0) is 0 Å². The molecule has 0 heterocycles. The molecule has 1 aromatic rings. The molecule has 1 fully saturated rings. The van der Waals surface area contributed by atoms with E-state index in [1.807, 2.05) is 0 Å². The number of hydrogen-bond donors (Lipinski definition) is 0. The Balaban J connectivity index is 1.55. The van der Waals surface area contributed by atoms with E-state index in [-0.39, 0.29) is 5.92 Å². The third-order valence-electron chi connectivity index (χ3n) is 6.55. The van der Waals surface area contributed by atoms with Crippen LogP contribution in [0.15, 0.2) is 24.3 Å². The number of unbranched alkanes of at least 4 members (excludes halogenated alkanes) is 1. The molecular formula is C23H32F2. The molecule has 2 atom stereocenters. The molecule has 1 aromatic carbocycles. The van der Waals surface area contributed by atoms with Crippen LogP contribution in [0.25, 0.3) is 0 Å². The summed E-state index contributed by atoms with van der Waals surface area (Å²) < 4.78 is 28.1. The number of allylic oxidation sites excluding steroid dienone is 2. The molecule has 2 heteroatoms. The molecular weight excluding hydrogens is 314 g/mol. The van der Waals surface area contributed by atoms with Crippen molar-refractivity contribution in [3.8, 4) is 0 Å². The number of benzene rings is 1. The summed E-state index contributed by atoms with van der Waals surface area (Å²) in [7, 11) is 0. The first-order chi connectivity index (χ1) is 12.1. The van der Waals surface area contributed by atoms with Crippen molar-refractivity contribution in [1.29, 1.82) is 0 Å². The van der Waals surface area contributed by atoms with Gasteiger partial charge in [-0.2, -0.15) is 0 Å². The van der Waals surface area contributed by atoms with Gasteiger partial charge in [0.25, 0.3) is 0 Å². The number of halogens is 2. The second-order valence-corrected chi connectivity index (χ2v) is 8.24. The summed E-state index contributed by atoms with van der Waals surface area (Å²) in [5.74, 6) is 1.15. The highest BCUT2D eigenvalue weighted by atomic mass is 19.2. The fourth-order valence-electron chi connectivity index (χ4n) is 4.83. The Morgan fingerprint density at radius 1 is 0.920 bits per heavy atom. The molecule has 1 saturated carbocycles. The highest BCUT2D eigenvalue weighted by Crippen LogP contribution is 2.43. The van der Waals surface area contributed by atoms with Gasteiger partial charge in [-0.1, -0.05) is 44.1 Å². The summed E-state index contributed by atoms with van der Waals surface area (Å²) in [5, 5.41) is 0. The lowest BCUT2D eigenvalue weighted by molar-refractivity contribution is 0.236. The lowest BCUT2D eigenvalue weighted by atomic mass is 9.70. The fraction of sp³-hybridized carbons (Fsp3) is 0.652. The van der Waals surface area contributed by atoms with Gasteiger partial charge < -0.3 is 0 Å². The monoisotopic (exact) mass is 346 g/mol. The third kappa shape index (κ3) is 4.33. The largest absolute Gasteiger partial charge is 0.203 e. The maximum atomic E-state index is 14.3. The summed E-state index contributed by atoms with van der Waals surface area (Å²) in [6.45, 7) is 3.89. The van der Waals surface area contributed by atoms with E-state index in [0.717, 1.165) is 37.5 Å². The van der Waals surface area contributed by atoms with E-state index in [2.05, 4.69) is 19.1 Å². The normalized spacial score (nSPS) is 29.8. The van der Waals surface area contributed by atoms with Crippen LogP contribution in [0, 0.1) is 36.3 Å². The van der Waals surface area contributed by atoms with E-state index in [1.165, 1.54) is 32.1 Å². The predicted molar refractivity (Wildman–Crippen MR) is 101 cm³/mol. The molecule has 2 unspecified atom stereocenters. The smallest absolute Gasteiger partial charge is 0.162 e. The molecule has 2 aliphatic carbocycles. The van der Waals surface area contributed by atoms with Crippen molar-refractivity contribution in [2.75, 3.05) is 0 Å². The van der Waals surface area contributed by atoms with Crippen molar-refractivity contribution >= 4 is 0 Å². The molecule has 138 valence electrons. The van der Waals surface area contributed by atoms with Gasteiger partial charge in [0, 0.05) is 0 Å².